The number of hydrogen-bond acceptors (Lipinski definition) is 4. The summed E-state index contributed by atoms with van der Waals surface area (Å²) in [6, 6.07) is 17.1. The molecular weight excluding hydrogens is 332 g/mol. The Morgan fingerprint density at radius 3 is 2.46 bits per heavy atom. The highest BCUT2D eigenvalue weighted by Gasteiger charge is 2.13. The van der Waals surface area contributed by atoms with Gasteiger partial charge < -0.3 is 14.8 Å². The first-order chi connectivity index (χ1) is 12.5. The van der Waals surface area contributed by atoms with Gasteiger partial charge in [0.05, 0.1) is 17.5 Å². The highest BCUT2D eigenvalue weighted by Crippen LogP contribution is 2.26. The lowest BCUT2D eigenvalue weighted by Crippen LogP contribution is -2.04. The number of nitrogens with one attached hydrogen (secondary N) is 1. The number of carboxylic acid groups (broad SMARTS) is 1. The number of anilines is 1. The van der Waals surface area contributed by atoms with Crippen LogP contribution in [0.25, 0.3) is 11.3 Å². The van der Waals surface area contributed by atoms with Crippen LogP contribution in [0.1, 0.15) is 23.0 Å². The summed E-state index contributed by atoms with van der Waals surface area (Å²) in [7, 11) is 0. The summed E-state index contributed by atoms with van der Waals surface area (Å²) in [5.41, 5.74) is 2.09. The van der Waals surface area contributed by atoms with Gasteiger partial charge in [0.1, 0.15) is 11.5 Å². The maximum absolute atomic E-state index is 11.3. The lowest BCUT2D eigenvalue weighted by molar-refractivity contribution is -0.114. The second-order valence-corrected chi connectivity index (χ2v) is 5.54. The highest BCUT2D eigenvalue weighted by molar-refractivity contribution is 5.95. The second-order valence-electron chi connectivity index (χ2n) is 5.54. The summed E-state index contributed by atoms with van der Waals surface area (Å²) < 4.78 is 5.69. The van der Waals surface area contributed by atoms with Crippen molar-refractivity contribution in [3.63, 3.8) is 0 Å². The van der Waals surface area contributed by atoms with E-state index in [2.05, 4.69) is 10.3 Å². The maximum Gasteiger partial charge on any atom is 0.336 e. The van der Waals surface area contributed by atoms with E-state index in [4.69, 9.17) is 4.42 Å². The van der Waals surface area contributed by atoms with Gasteiger partial charge in [-0.3, -0.25) is 9.79 Å². The van der Waals surface area contributed by atoms with E-state index >= 15 is 0 Å². The van der Waals surface area contributed by atoms with Gasteiger partial charge in [0.25, 0.3) is 0 Å². The van der Waals surface area contributed by atoms with Gasteiger partial charge >= 0.3 is 5.97 Å². The number of carbonyl (C=O) groups excluding carboxylic acids is 1. The molecule has 0 bridgehead atoms. The minimum atomic E-state index is -1.01. The lowest BCUT2D eigenvalue weighted by Gasteiger charge is -2.02. The molecule has 0 aliphatic heterocycles. The molecule has 0 fully saturated rings. The van der Waals surface area contributed by atoms with E-state index in [0.29, 0.717) is 28.5 Å². The van der Waals surface area contributed by atoms with Crippen molar-refractivity contribution in [2.75, 3.05) is 5.32 Å². The minimum absolute atomic E-state index is 0.133. The Bertz CT molecular complexity index is 971. The monoisotopic (exact) mass is 348 g/mol. The zero-order valence-corrected chi connectivity index (χ0v) is 14.0. The molecule has 0 saturated heterocycles. The Kier molecular flexibility index (Phi) is 4.94. The highest BCUT2D eigenvalue weighted by atomic mass is 16.4. The van der Waals surface area contributed by atoms with Crippen molar-refractivity contribution >= 4 is 29.5 Å². The molecule has 6 nitrogen and oxygen atoms in total. The Hall–Kier alpha value is -3.67. The third-order valence-electron chi connectivity index (χ3n) is 3.58. The summed E-state index contributed by atoms with van der Waals surface area (Å²) in [6.45, 7) is 1.45. The van der Waals surface area contributed by atoms with Crippen LogP contribution in [0.5, 0.6) is 0 Å². The standard InChI is InChI=1S/C20H16N2O4/c1-13(23)22-15-8-6-14(7-9-15)21-12-16-10-11-19(26-16)17-4-2-3-5-18(17)20(24)25/h2-12H,1H3,(H,22,23)(H,24,25). The smallest absolute Gasteiger partial charge is 0.336 e. The Labute approximate surface area is 149 Å². The lowest BCUT2D eigenvalue weighted by atomic mass is 10.1. The molecule has 0 unspecified atom stereocenters. The molecule has 1 aromatic heterocycles. The van der Waals surface area contributed by atoms with Crippen molar-refractivity contribution in [2.24, 2.45) is 4.99 Å². The van der Waals surface area contributed by atoms with Crippen molar-refractivity contribution in [1.82, 2.24) is 0 Å². The number of rotatable bonds is 5. The van der Waals surface area contributed by atoms with Crippen LogP contribution in [-0.4, -0.2) is 23.2 Å². The number of hydrogen-bond donors (Lipinski definition) is 2. The Morgan fingerprint density at radius 2 is 1.77 bits per heavy atom. The van der Waals surface area contributed by atoms with Crippen molar-refractivity contribution in [2.45, 2.75) is 6.92 Å². The molecule has 130 valence electrons. The van der Waals surface area contributed by atoms with Crippen LogP contribution < -0.4 is 5.32 Å². The fraction of sp³-hybridized carbons (Fsp3) is 0.0500. The zero-order valence-electron chi connectivity index (χ0n) is 14.0. The van der Waals surface area contributed by atoms with Crippen LogP contribution >= 0.6 is 0 Å². The molecule has 1 heterocycles. The molecule has 0 saturated carbocycles. The number of amides is 1. The van der Waals surface area contributed by atoms with Crippen molar-refractivity contribution in [3.05, 3.63) is 72.0 Å². The van der Waals surface area contributed by atoms with E-state index in [0.717, 1.165) is 0 Å². The van der Waals surface area contributed by atoms with Gasteiger partial charge in [-0.2, -0.15) is 0 Å². The first-order valence-electron chi connectivity index (χ1n) is 7.87. The van der Waals surface area contributed by atoms with Crippen molar-refractivity contribution < 1.29 is 19.1 Å². The minimum Gasteiger partial charge on any atom is -0.478 e. The van der Waals surface area contributed by atoms with Crippen molar-refractivity contribution in [3.8, 4) is 11.3 Å². The zero-order chi connectivity index (χ0) is 18.5. The molecule has 0 spiro atoms. The average molecular weight is 348 g/mol. The van der Waals surface area contributed by atoms with Gasteiger partial charge in [0.2, 0.25) is 5.91 Å². The molecule has 2 N–H and O–H groups in total. The van der Waals surface area contributed by atoms with Crippen LogP contribution in [0.4, 0.5) is 11.4 Å². The third-order valence-corrected chi connectivity index (χ3v) is 3.58. The molecule has 26 heavy (non-hydrogen) atoms. The predicted molar refractivity (Wildman–Crippen MR) is 99.1 cm³/mol. The number of aromatic carboxylic acids is 1. The van der Waals surface area contributed by atoms with Crippen LogP contribution in [0.2, 0.25) is 0 Å². The fourth-order valence-corrected chi connectivity index (χ4v) is 2.42. The Balaban J connectivity index is 1.77. The maximum atomic E-state index is 11.3. The molecule has 3 rings (SSSR count). The van der Waals surface area contributed by atoms with Gasteiger partial charge in [0.15, 0.2) is 0 Å². The van der Waals surface area contributed by atoms with E-state index in [1.807, 2.05) is 0 Å². The van der Waals surface area contributed by atoms with E-state index in [1.54, 1.807) is 60.8 Å². The summed E-state index contributed by atoms with van der Waals surface area (Å²) in [5, 5.41) is 12.0. The number of furan rings is 1. The molecule has 3 aromatic rings. The predicted octanol–water partition coefficient (Wildman–Crippen LogP) is 4.35. The quantitative estimate of drug-likeness (QED) is 0.670. The van der Waals surface area contributed by atoms with E-state index in [-0.39, 0.29) is 11.5 Å². The number of nitrogens with zero attached hydrogens (tertiary/aromatic N) is 1. The van der Waals surface area contributed by atoms with Gasteiger partial charge in [0, 0.05) is 18.2 Å². The first kappa shape index (κ1) is 17.2. The molecular formula is C20H16N2O4. The third kappa shape index (κ3) is 4.05. The van der Waals surface area contributed by atoms with Crippen LogP contribution in [0, 0.1) is 0 Å². The van der Waals surface area contributed by atoms with E-state index in [1.165, 1.54) is 13.0 Å². The van der Waals surface area contributed by atoms with Crippen molar-refractivity contribution in [1.29, 1.82) is 0 Å². The number of benzene rings is 2. The molecule has 0 atom stereocenters. The molecule has 6 heteroatoms. The van der Waals surface area contributed by atoms with Gasteiger partial charge in [-0.25, -0.2) is 4.79 Å². The van der Waals surface area contributed by atoms with E-state index in [9.17, 15) is 14.7 Å². The summed E-state index contributed by atoms with van der Waals surface area (Å²) >= 11 is 0. The largest absolute Gasteiger partial charge is 0.478 e. The average Bonchev–Trinajstić information content (AvgIpc) is 3.09. The molecule has 2 aromatic carbocycles. The van der Waals surface area contributed by atoms with Crippen LogP contribution in [0.3, 0.4) is 0 Å². The SMILES string of the molecule is CC(=O)Nc1ccc(N=Cc2ccc(-c3ccccc3C(=O)O)o2)cc1. The van der Waals surface area contributed by atoms with Gasteiger partial charge in [-0.1, -0.05) is 18.2 Å². The van der Waals surface area contributed by atoms with Crippen LogP contribution in [-0.2, 0) is 4.79 Å². The molecule has 0 aliphatic rings. The van der Waals surface area contributed by atoms with Gasteiger partial charge in [-0.15, -0.1) is 0 Å². The summed E-state index contributed by atoms with van der Waals surface area (Å²) in [5.74, 6) is -0.172. The molecule has 0 aliphatic carbocycles. The first-order valence-corrected chi connectivity index (χ1v) is 7.87. The fourth-order valence-electron chi connectivity index (χ4n) is 2.42. The van der Waals surface area contributed by atoms with Crippen LogP contribution in [0.15, 0.2) is 70.1 Å². The Morgan fingerprint density at radius 1 is 1.04 bits per heavy atom. The normalized spacial score (nSPS) is 10.8. The summed E-state index contributed by atoms with van der Waals surface area (Å²) in [4.78, 5) is 26.6. The number of carbonyl (C=O) groups is 2. The number of carboxylic acids is 1. The van der Waals surface area contributed by atoms with E-state index < -0.39 is 5.97 Å². The van der Waals surface area contributed by atoms with Gasteiger partial charge in [-0.05, 0) is 42.5 Å². The topological polar surface area (TPSA) is 91.9 Å². The molecule has 0 radical (unpaired) electrons. The number of aliphatic imine (C=N–C) groups is 1. The summed E-state index contributed by atoms with van der Waals surface area (Å²) in [6.07, 6.45) is 1.56. The molecule has 1 amide bonds. The second kappa shape index (κ2) is 7.48.